The number of rotatable bonds is 5. The van der Waals surface area contributed by atoms with Crippen molar-refractivity contribution in [3.63, 3.8) is 0 Å². The van der Waals surface area contributed by atoms with E-state index in [0.717, 1.165) is 5.56 Å². The molecule has 0 saturated carbocycles. The summed E-state index contributed by atoms with van der Waals surface area (Å²) in [7, 11) is 1.45. The van der Waals surface area contributed by atoms with Crippen LogP contribution in [0.3, 0.4) is 0 Å². The van der Waals surface area contributed by atoms with Gasteiger partial charge in [0.25, 0.3) is 0 Å². The fourth-order valence-corrected chi connectivity index (χ4v) is 2.36. The van der Waals surface area contributed by atoms with Crippen LogP contribution in [0.4, 0.5) is 13.2 Å². The quantitative estimate of drug-likeness (QED) is 0.659. The molecule has 0 radical (unpaired) electrons. The summed E-state index contributed by atoms with van der Waals surface area (Å²) in [6.45, 7) is 2.05. The fraction of sp³-hybridized carbons (Fsp3) is 0.222. The van der Waals surface area contributed by atoms with Crippen molar-refractivity contribution in [3.05, 3.63) is 59.5 Å². The summed E-state index contributed by atoms with van der Waals surface area (Å²) in [6, 6.07) is 12.7. The zero-order chi connectivity index (χ0) is 18.7. The van der Waals surface area contributed by atoms with Gasteiger partial charge in [0.05, 0.1) is 7.11 Å². The predicted octanol–water partition coefficient (Wildman–Crippen LogP) is 4.65. The lowest BCUT2D eigenvalue weighted by Gasteiger charge is -2.13. The Balaban J connectivity index is 1.88. The van der Waals surface area contributed by atoms with Crippen molar-refractivity contribution in [1.82, 2.24) is 10.1 Å². The number of benzene rings is 2. The number of aryl methyl sites for hydroxylation is 1. The van der Waals surface area contributed by atoms with Gasteiger partial charge in [-0.3, -0.25) is 0 Å². The van der Waals surface area contributed by atoms with Crippen molar-refractivity contribution in [2.24, 2.45) is 0 Å². The van der Waals surface area contributed by atoms with Gasteiger partial charge in [-0.2, -0.15) is 18.2 Å². The Labute approximate surface area is 147 Å². The third-order valence-electron chi connectivity index (χ3n) is 3.66. The number of hydrogen-bond acceptors (Lipinski definition) is 5. The minimum atomic E-state index is -4.69. The van der Waals surface area contributed by atoms with Crippen LogP contribution in [0.1, 0.15) is 17.0 Å². The Bertz CT molecular complexity index is 892. The van der Waals surface area contributed by atoms with Crippen LogP contribution >= 0.6 is 0 Å². The second-order valence-corrected chi connectivity index (χ2v) is 5.51. The van der Waals surface area contributed by atoms with Crippen LogP contribution in [0.15, 0.2) is 47.0 Å². The van der Waals surface area contributed by atoms with Crippen LogP contribution in [-0.2, 0) is 12.8 Å². The van der Waals surface area contributed by atoms with Gasteiger partial charge in [0, 0.05) is 5.56 Å². The Morgan fingerprint density at radius 2 is 1.81 bits per heavy atom. The maximum Gasteiger partial charge on any atom is 0.471 e. The molecule has 1 heterocycles. The van der Waals surface area contributed by atoms with Gasteiger partial charge >= 0.3 is 12.1 Å². The molecule has 0 saturated heterocycles. The lowest BCUT2D eigenvalue weighted by molar-refractivity contribution is -0.159. The van der Waals surface area contributed by atoms with E-state index in [2.05, 4.69) is 14.7 Å². The topological polar surface area (TPSA) is 57.4 Å². The molecule has 8 heteroatoms. The van der Waals surface area contributed by atoms with Gasteiger partial charge < -0.3 is 14.0 Å². The minimum Gasteiger partial charge on any atom is -0.493 e. The molecular weight excluding hydrogens is 349 g/mol. The summed E-state index contributed by atoms with van der Waals surface area (Å²) in [5.41, 5.74) is 1.97. The first-order chi connectivity index (χ1) is 12.4. The van der Waals surface area contributed by atoms with Gasteiger partial charge in [0.1, 0.15) is 6.61 Å². The molecular formula is C18H15F3N2O3. The highest BCUT2D eigenvalue weighted by atomic mass is 19.4. The first kappa shape index (κ1) is 17.8. The van der Waals surface area contributed by atoms with Crippen LogP contribution < -0.4 is 9.47 Å². The van der Waals surface area contributed by atoms with Gasteiger partial charge in [-0.1, -0.05) is 35.5 Å². The van der Waals surface area contributed by atoms with E-state index in [9.17, 15) is 13.2 Å². The van der Waals surface area contributed by atoms with Crippen LogP contribution in [0.25, 0.3) is 11.4 Å². The van der Waals surface area contributed by atoms with Crippen molar-refractivity contribution < 1.29 is 27.2 Å². The number of aromatic nitrogens is 2. The summed E-state index contributed by atoms with van der Waals surface area (Å²) in [5.74, 6) is -0.727. The van der Waals surface area contributed by atoms with E-state index in [-0.39, 0.29) is 5.82 Å². The molecule has 0 atom stereocenters. The van der Waals surface area contributed by atoms with Gasteiger partial charge in [-0.15, -0.1) is 0 Å². The lowest BCUT2D eigenvalue weighted by Crippen LogP contribution is -2.05. The molecule has 136 valence electrons. The Morgan fingerprint density at radius 3 is 2.42 bits per heavy atom. The Morgan fingerprint density at radius 1 is 1.08 bits per heavy atom. The summed E-state index contributed by atoms with van der Waals surface area (Å²) in [4.78, 5) is 3.41. The molecule has 0 fully saturated rings. The van der Waals surface area contributed by atoms with Crippen molar-refractivity contribution in [2.75, 3.05) is 7.11 Å². The number of ether oxygens (including phenoxy) is 2. The van der Waals surface area contributed by atoms with E-state index < -0.39 is 12.1 Å². The fourth-order valence-electron chi connectivity index (χ4n) is 2.36. The third-order valence-corrected chi connectivity index (χ3v) is 3.66. The Hall–Kier alpha value is -3.03. The largest absolute Gasteiger partial charge is 0.493 e. The van der Waals surface area contributed by atoms with E-state index in [4.69, 9.17) is 9.47 Å². The van der Waals surface area contributed by atoms with E-state index in [1.807, 2.05) is 30.3 Å². The zero-order valence-electron chi connectivity index (χ0n) is 14.0. The molecule has 0 aliphatic heterocycles. The van der Waals surface area contributed by atoms with Crippen molar-refractivity contribution >= 4 is 0 Å². The van der Waals surface area contributed by atoms with Gasteiger partial charge in [0.15, 0.2) is 11.5 Å². The van der Waals surface area contributed by atoms with E-state index in [0.29, 0.717) is 29.2 Å². The SMILES string of the molecule is COc1cc(-c2noc(C(F)(F)F)n2)c(C)cc1OCc1ccccc1. The van der Waals surface area contributed by atoms with Crippen molar-refractivity contribution in [3.8, 4) is 22.9 Å². The molecule has 3 aromatic rings. The average Bonchev–Trinajstić information content (AvgIpc) is 3.11. The van der Waals surface area contributed by atoms with Crippen LogP contribution in [0.5, 0.6) is 11.5 Å². The number of halogens is 3. The molecule has 0 amide bonds. The molecule has 0 N–H and O–H groups in total. The lowest BCUT2D eigenvalue weighted by atomic mass is 10.1. The number of methoxy groups -OCH3 is 1. The molecule has 26 heavy (non-hydrogen) atoms. The molecule has 0 aliphatic rings. The summed E-state index contributed by atoms with van der Waals surface area (Å²) in [6.07, 6.45) is -4.69. The molecule has 3 rings (SSSR count). The van der Waals surface area contributed by atoms with E-state index in [1.165, 1.54) is 13.2 Å². The van der Waals surface area contributed by atoms with Crippen molar-refractivity contribution in [2.45, 2.75) is 19.7 Å². The first-order valence-corrected chi connectivity index (χ1v) is 7.65. The second kappa shape index (κ2) is 7.07. The molecule has 1 aromatic heterocycles. The molecule has 0 spiro atoms. The zero-order valence-corrected chi connectivity index (χ0v) is 14.0. The van der Waals surface area contributed by atoms with Crippen LogP contribution in [0, 0.1) is 6.92 Å². The predicted molar refractivity (Wildman–Crippen MR) is 86.8 cm³/mol. The molecule has 2 aromatic carbocycles. The minimum absolute atomic E-state index is 0.164. The third kappa shape index (κ3) is 3.79. The summed E-state index contributed by atoms with van der Waals surface area (Å²) >= 11 is 0. The highest BCUT2D eigenvalue weighted by Gasteiger charge is 2.38. The van der Waals surface area contributed by atoms with E-state index >= 15 is 0 Å². The normalized spacial score (nSPS) is 11.4. The van der Waals surface area contributed by atoms with Crippen LogP contribution in [-0.4, -0.2) is 17.3 Å². The number of hydrogen-bond donors (Lipinski definition) is 0. The average molecular weight is 364 g/mol. The monoisotopic (exact) mass is 364 g/mol. The smallest absolute Gasteiger partial charge is 0.471 e. The summed E-state index contributed by atoms with van der Waals surface area (Å²) < 4.78 is 53.3. The molecule has 0 aliphatic carbocycles. The van der Waals surface area contributed by atoms with E-state index in [1.54, 1.807) is 13.0 Å². The molecule has 5 nitrogen and oxygen atoms in total. The highest BCUT2D eigenvalue weighted by Crippen LogP contribution is 2.36. The first-order valence-electron chi connectivity index (χ1n) is 7.65. The van der Waals surface area contributed by atoms with Gasteiger partial charge in [0.2, 0.25) is 5.82 Å². The Kier molecular flexibility index (Phi) is 4.83. The van der Waals surface area contributed by atoms with Crippen molar-refractivity contribution in [1.29, 1.82) is 0 Å². The van der Waals surface area contributed by atoms with Gasteiger partial charge in [-0.25, -0.2) is 0 Å². The highest BCUT2D eigenvalue weighted by molar-refractivity contribution is 5.65. The summed E-state index contributed by atoms with van der Waals surface area (Å²) in [5, 5.41) is 3.41. The van der Waals surface area contributed by atoms with Gasteiger partial charge in [-0.05, 0) is 30.2 Å². The molecule has 0 bridgehead atoms. The standard InChI is InChI=1S/C18H15F3N2O3/c1-11-8-15(25-10-12-6-4-3-5-7-12)14(24-2)9-13(11)16-22-17(26-23-16)18(19,20)21/h3-9H,10H2,1-2H3. The number of alkyl halides is 3. The van der Waals surface area contributed by atoms with Crippen LogP contribution in [0.2, 0.25) is 0 Å². The maximum absolute atomic E-state index is 12.6. The maximum atomic E-state index is 12.6. The number of nitrogens with zero attached hydrogens (tertiary/aromatic N) is 2. The molecule has 0 unspecified atom stereocenters. The second-order valence-electron chi connectivity index (χ2n) is 5.51.